The van der Waals surface area contributed by atoms with E-state index >= 15 is 0 Å². The van der Waals surface area contributed by atoms with Gasteiger partial charge < -0.3 is 16.5 Å². The first-order valence-electron chi connectivity index (χ1n) is 3.81. The van der Waals surface area contributed by atoms with E-state index in [4.69, 9.17) is 16.9 Å². The molecule has 0 bridgehead atoms. The Morgan fingerprint density at radius 2 is 2.14 bits per heavy atom. The van der Waals surface area contributed by atoms with Gasteiger partial charge in [-0.05, 0) is 12.5 Å². The minimum atomic E-state index is -0.979. The number of aryl methyl sites for hydroxylation is 1. The van der Waals surface area contributed by atoms with Gasteiger partial charge in [0, 0.05) is 6.20 Å². The van der Waals surface area contributed by atoms with Crippen molar-refractivity contribution >= 4 is 17.3 Å². The number of anilines is 1. The Bertz CT molecular complexity index is 461. The van der Waals surface area contributed by atoms with E-state index in [2.05, 4.69) is 4.98 Å². The van der Waals surface area contributed by atoms with E-state index in [-0.39, 0.29) is 11.3 Å². The monoisotopic (exact) mass is 194 g/mol. The standard InChI is InChI=1S/C8H10N4O2/c1-3-2-12-8(14)4(5(3)9)6(10)7(11)13/h2,10H,1H3,(H2,11,13)(H3,9,12,14). The lowest BCUT2D eigenvalue weighted by molar-refractivity contribution is -0.112. The van der Waals surface area contributed by atoms with Gasteiger partial charge in [0.15, 0.2) is 0 Å². The molecule has 1 rings (SSSR count). The third kappa shape index (κ3) is 1.49. The van der Waals surface area contributed by atoms with E-state index in [1.54, 1.807) is 6.92 Å². The van der Waals surface area contributed by atoms with Gasteiger partial charge in [0.05, 0.1) is 11.3 Å². The van der Waals surface area contributed by atoms with E-state index in [9.17, 15) is 9.59 Å². The van der Waals surface area contributed by atoms with Crippen LogP contribution in [0.2, 0.25) is 0 Å². The molecule has 1 heterocycles. The van der Waals surface area contributed by atoms with Crippen molar-refractivity contribution in [3.63, 3.8) is 0 Å². The van der Waals surface area contributed by atoms with Crippen LogP contribution in [0.4, 0.5) is 5.69 Å². The molecular formula is C8H10N4O2. The maximum absolute atomic E-state index is 11.3. The van der Waals surface area contributed by atoms with Crippen molar-refractivity contribution in [1.29, 1.82) is 5.41 Å². The topological polar surface area (TPSA) is 126 Å². The summed E-state index contributed by atoms with van der Waals surface area (Å²) in [4.78, 5) is 24.3. The third-order valence-corrected chi connectivity index (χ3v) is 1.84. The summed E-state index contributed by atoms with van der Waals surface area (Å²) in [5, 5.41) is 7.29. The molecule has 0 aliphatic carbocycles. The number of nitrogens with two attached hydrogens (primary N) is 2. The Hall–Kier alpha value is -2.11. The highest BCUT2D eigenvalue weighted by molar-refractivity contribution is 6.44. The molecule has 0 aliphatic rings. The second kappa shape index (κ2) is 3.33. The van der Waals surface area contributed by atoms with Gasteiger partial charge in [-0.25, -0.2) is 0 Å². The number of primary amides is 1. The largest absolute Gasteiger partial charge is 0.398 e. The molecule has 6 N–H and O–H groups in total. The SMILES string of the molecule is Cc1c[nH]c(=O)c(C(=N)C(N)=O)c1N. The number of amides is 1. The van der Waals surface area contributed by atoms with Crippen molar-refractivity contribution in [1.82, 2.24) is 4.98 Å². The summed E-state index contributed by atoms with van der Waals surface area (Å²) in [5.74, 6) is -0.979. The fourth-order valence-electron chi connectivity index (χ4n) is 1.01. The highest BCUT2D eigenvalue weighted by atomic mass is 16.1. The molecule has 0 radical (unpaired) electrons. The zero-order valence-electron chi connectivity index (χ0n) is 7.55. The Morgan fingerprint density at radius 1 is 1.57 bits per heavy atom. The van der Waals surface area contributed by atoms with Crippen LogP contribution >= 0.6 is 0 Å². The molecule has 0 spiro atoms. The molecule has 1 aromatic rings. The first-order chi connectivity index (χ1) is 6.45. The number of aromatic amines is 1. The van der Waals surface area contributed by atoms with Gasteiger partial charge in [-0.3, -0.25) is 15.0 Å². The lowest BCUT2D eigenvalue weighted by atomic mass is 10.1. The maximum atomic E-state index is 11.3. The number of hydrogen-bond acceptors (Lipinski definition) is 4. The Kier molecular flexibility index (Phi) is 2.37. The number of aromatic nitrogens is 1. The second-order valence-corrected chi connectivity index (χ2v) is 2.83. The minimum absolute atomic E-state index is 0.109. The number of rotatable bonds is 2. The average Bonchev–Trinajstić information content (AvgIpc) is 2.12. The summed E-state index contributed by atoms with van der Waals surface area (Å²) in [6.07, 6.45) is 1.41. The van der Waals surface area contributed by atoms with Crippen molar-refractivity contribution < 1.29 is 4.79 Å². The number of H-pyrrole nitrogens is 1. The Labute approximate surface area is 79.4 Å². The molecule has 0 saturated carbocycles. The first kappa shape index (κ1) is 9.97. The average molecular weight is 194 g/mol. The van der Waals surface area contributed by atoms with Crippen molar-refractivity contribution in [2.45, 2.75) is 6.92 Å². The quantitative estimate of drug-likeness (QED) is 0.456. The zero-order valence-corrected chi connectivity index (χ0v) is 7.55. The molecule has 0 fully saturated rings. The van der Waals surface area contributed by atoms with Gasteiger partial charge in [0.25, 0.3) is 11.5 Å². The Balaban J connectivity index is 3.48. The summed E-state index contributed by atoms with van der Waals surface area (Å²) in [7, 11) is 0. The predicted molar refractivity (Wildman–Crippen MR) is 52.2 cm³/mol. The lowest BCUT2D eigenvalue weighted by Crippen LogP contribution is -2.30. The van der Waals surface area contributed by atoms with Gasteiger partial charge in [0.2, 0.25) is 0 Å². The van der Waals surface area contributed by atoms with E-state index in [0.29, 0.717) is 5.56 Å². The van der Waals surface area contributed by atoms with Crippen LogP contribution in [0.15, 0.2) is 11.0 Å². The molecule has 0 unspecified atom stereocenters. The fraction of sp³-hybridized carbons (Fsp3) is 0.125. The van der Waals surface area contributed by atoms with Gasteiger partial charge >= 0.3 is 0 Å². The molecule has 0 saturated heterocycles. The van der Waals surface area contributed by atoms with Crippen molar-refractivity contribution in [3.8, 4) is 0 Å². The van der Waals surface area contributed by atoms with Crippen molar-refractivity contribution in [2.75, 3.05) is 5.73 Å². The van der Waals surface area contributed by atoms with Crippen LogP contribution in [0.5, 0.6) is 0 Å². The number of pyridine rings is 1. The summed E-state index contributed by atoms with van der Waals surface area (Å²) in [6, 6.07) is 0. The van der Waals surface area contributed by atoms with Crippen LogP contribution in [-0.4, -0.2) is 16.6 Å². The summed E-state index contributed by atoms with van der Waals surface area (Å²) < 4.78 is 0. The first-order valence-corrected chi connectivity index (χ1v) is 3.81. The predicted octanol–water partition coefficient (Wildman–Crippen LogP) is -0.881. The third-order valence-electron chi connectivity index (χ3n) is 1.84. The Morgan fingerprint density at radius 3 is 2.64 bits per heavy atom. The van der Waals surface area contributed by atoms with Crippen molar-refractivity contribution in [2.24, 2.45) is 5.73 Å². The molecule has 14 heavy (non-hydrogen) atoms. The van der Waals surface area contributed by atoms with E-state index in [1.165, 1.54) is 6.20 Å². The van der Waals surface area contributed by atoms with Crippen LogP contribution in [0.3, 0.4) is 0 Å². The van der Waals surface area contributed by atoms with Crippen LogP contribution in [-0.2, 0) is 4.79 Å². The highest BCUT2D eigenvalue weighted by Gasteiger charge is 2.16. The van der Waals surface area contributed by atoms with Gasteiger partial charge in [-0.15, -0.1) is 0 Å². The molecule has 6 heteroatoms. The second-order valence-electron chi connectivity index (χ2n) is 2.83. The van der Waals surface area contributed by atoms with E-state index in [1.807, 2.05) is 0 Å². The molecule has 0 aromatic carbocycles. The van der Waals surface area contributed by atoms with Crippen LogP contribution in [0, 0.1) is 12.3 Å². The highest BCUT2D eigenvalue weighted by Crippen LogP contribution is 2.11. The maximum Gasteiger partial charge on any atom is 0.267 e. The number of nitrogen functional groups attached to an aromatic ring is 1. The summed E-state index contributed by atoms with van der Waals surface area (Å²) in [5.41, 5.74) is 9.80. The number of hydrogen-bond donors (Lipinski definition) is 4. The van der Waals surface area contributed by atoms with E-state index in [0.717, 1.165) is 0 Å². The van der Waals surface area contributed by atoms with Gasteiger partial charge in [0.1, 0.15) is 5.71 Å². The summed E-state index contributed by atoms with van der Waals surface area (Å²) in [6.45, 7) is 1.66. The number of nitrogens with one attached hydrogen (secondary N) is 2. The number of carbonyl (C=O) groups is 1. The fourth-order valence-corrected chi connectivity index (χ4v) is 1.01. The summed E-state index contributed by atoms with van der Waals surface area (Å²) >= 11 is 0. The molecule has 74 valence electrons. The minimum Gasteiger partial charge on any atom is -0.398 e. The molecule has 1 amide bonds. The lowest BCUT2D eigenvalue weighted by Gasteiger charge is -2.05. The molecule has 6 nitrogen and oxygen atoms in total. The smallest absolute Gasteiger partial charge is 0.267 e. The molecular weight excluding hydrogens is 184 g/mol. The van der Waals surface area contributed by atoms with Crippen LogP contribution < -0.4 is 17.0 Å². The number of carbonyl (C=O) groups excluding carboxylic acids is 1. The molecule has 1 aromatic heterocycles. The zero-order chi connectivity index (χ0) is 10.9. The van der Waals surface area contributed by atoms with Crippen molar-refractivity contribution in [3.05, 3.63) is 27.7 Å². The normalized spacial score (nSPS) is 9.79. The van der Waals surface area contributed by atoms with E-state index < -0.39 is 17.2 Å². The molecule has 0 aliphatic heterocycles. The van der Waals surface area contributed by atoms with Crippen LogP contribution in [0.1, 0.15) is 11.1 Å². The molecule has 0 atom stereocenters. The van der Waals surface area contributed by atoms with Gasteiger partial charge in [-0.2, -0.15) is 0 Å². The van der Waals surface area contributed by atoms with Gasteiger partial charge in [-0.1, -0.05) is 0 Å². The van der Waals surface area contributed by atoms with Crippen LogP contribution in [0.25, 0.3) is 0 Å².